The van der Waals surface area contributed by atoms with Gasteiger partial charge in [0.1, 0.15) is 0 Å². The topological polar surface area (TPSA) is 76.4 Å². The molecule has 1 atom stereocenters. The summed E-state index contributed by atoms with van der Waals surface area (Å²) in [6.45, 7) is 2.13. The number of rotatable bonds is 3. The zero-order valence-corrected chi connectivity index (χ0v) is 13.4. The van der Waals surface area contributed by atoms with Gasteiger partial charge in [0, 0.05) is 11.4 Å². The molecule has 0 saturated carbocycles. The molecule has 3 rings (SSSR count). The maximum absolute atomic E-state index is 5.99. The lowest BCUT2D eigenvalue weighted by Crippen LogP contribution is -2.28. The van der Waals surface area contributed by atoms with Gasteiger partial charge in [0.2, 0.25) is 0 Å². The highest BCUT2D eigenvalue weighted by Gasteiger charge is 2.29. The van der Waals surface area contributed by atoms with E-state index in [9.17, 15) is 0 Å². The molecule has 0 saturated heterocycles. The third-order valence-electron chi connectivity index (χ3n) is 3.92. The molecule has 0 unspecified atom stereocenters. The molecule has 0 fully saturated rings. The quantitative estimate of drug-likeness (QED) is 0.756. The molecule has 114 valence electrons. The van der Waals surface area contributed by atoms with Crippen LogP contribution in [0.2, 0.25) is 0 Å². The molecule has 0 bridgehead atoms. The second-order valence-corrected chi connectivity index (χ2v) is 6.73. The fourth-order valence-electron chi connectivity index (χ4n) is 2.59. The van der Waals surface area contributed by atoms with Crippen LogP contribution in [-0.2, 0) is 5.54 Å². The van der Waals surface area contributed by atoms with Gasteiger partial charge in [-0.05, 0) is 43.2 Å². The van der Waals surface area contributed by atoms with Crippen molar-refractivity contribution in [3.63, 3.8) is 0 Å². The van der Waals surface area contributed by atoms with E-state index in [4.69, 9.17) is 11.5 Å². The fourth-order valence-corrected chi connectivity index (χ4v) is 3.57. The van der Waals surface area contributed by atoms with Gasteiger partial charge in [-0.3, -0.25) is 4.99 Å². The smallest absolute Gasteiger partial charge is 0.154 e. The number of nitrogen functional groups attached to an aromatic ring is 1. The Labute approximate surface area is 135 Å². The van der Waals surface area contributed by atoms with E-state index in [1.54, 1.807) is 11.8 Å². The predicted molar refractivity (Wildman–Crippen MR) is 96.6 cm³/mol. The molecule has 5 heteroatoms. The van der Waals surface area contributed by atoms with Gasteiger partial charge in [0.15, 0.2) is 5.17 Å². The van der Waals surface area contributed by atoms with Gasteiger partial charge >= 0.3 is 0 Å². The van der Waals surface area contributed by atoms with Crippen LogP contribution < -0.4 is 16.8 Å². The molecule has 0 amide bonds. The highest BCUT2D eigenvalue weighted by molar-refractivity contribution is 8.13. The zero-order chi connectivity index (χ0) is 15.6. The summed E-state index contributed by atoms with van der Waals surface area (Å²) in [7, 11) is 0. The number of nitrogens with zero attached hydrogens (tertiary/aromatic N) is 1. The summed E-state index contributed by atoms with van der Waals surface area (Å²) in [6.07, 6.45) is 0.981. The van der Waals surface area contributed by atoms with Gasteiger partial charge in [-0.25, -0.2) is 0 Å². The van der Waals surface area contributed by atoms with Crippen LogP contribution in [0.4, 0.5) is 17.1 Å². The van der Waals surface area contributed by atoms with E-state index in [0.29, 0.717) is 5.17 Å². The van der Waals surface area contributed by atoms with Crippen molar-refractivity contribution in [1.29, 1.82) is 0 Å². The van der Waals surface area contributed by atoms with Gasteiger partial charge in [-0.1, -0.05) is 36.0 Å². The number of nitrogens with two attached hydrogens (primary N) is 2. The van der Waals surface area contributed by atoms with Crippen LogP contribution in [0.25, 0.3) is 0 Å². The summed E-state index contributed by atoms with van der Waals surface area (Å²) < 4.78 is 0. The van der Waals surface area contributed by atoms with E-state index in [0.717, 1.165) is 34.8 Å². The number of thioether (sulfide) groups is 1. The summed E-state index contributed by atoms with van der Waals surface area (Å²) >= 11 is 1.62. The Morgan fingerprint density at radius 2 is 1.95 bits per heavy atom. The Morgan fingerprint density at radius 1 is 1.14 bits per heavy atom. The molecule has 2 aromatic carbocycles. The minimum Gasteiger partial charge on any atom is -0.397 e. The molecule has 0 spiro atoms. The minimum atomic E-state index is -0.255. The van der Waals surface area contributed by atoms with E-state index in [1.807, 2.05) is 36.4 Å². The molecule has 1 aliphatic heterocycles. The highest BCUT2D eigenvalue weighted by Crippen LogP contribution is 2.36. The van der Waals surface area contributed by atoms with Gasteiger partial charge in [0.05, 0.1) is 16.9 Å². The molecule has 0 aromatic heterocycles. The van der Waals surface area contributed by atoms with E-state index in [-0.39, 0.29) is 5.54 Å². The number of amidine groups is 1. The lowest BCUT2D eigenvalue weighted by molar-refractivity contribution is 0.482. The molecule has 5 N–H and O–H groups in total. The lowest BCUT2D eigenvalue weighted by atomic mass is 9.89. The molecule has 1 aliphatic rings. The standard InChI is InChI=1S/C17H20N4S/c1-17(9-10-22-16(19)21-17)12-5-4-6-13(11-12)20-15-8-3-2-7-14(15)18/h2-8,11,20H,9-10,18H2,1H3,(H2,19,21)/t17-/m0/s1. The van der Waals surface area contributed by atoms with Crippen molar-refractivity contribution >= 4 is 34.0 Å². The molecular formula is C17H20N4S. The first-order valence-corrected chi connectivity index (χ1v) is 8.26. The predicted octanol–water partition coefficient (Wildman–Crippen LogP) is 3.68. The fraction of sp³-hybridized carbons (Fsp3) is 0.235. The molecule has 22 heavy (non-hydrogen) atoms. The molecule has 1 heterocycles. The van der Waals surface area contributed by atoms with Gasteiger partial charge < -0.3 is 16.8 Å². The number of aliphatic imine (C=N–C) groups is 1. The molecule has 2 aromatic rings. The summed E-state index contributed by atoms with van der Waals surface area (Å²) in [5, 5.41) is 4.04. The number of para-hydroxylation sites is 2. The second-order valence-electron chi connectivity index (χ2n) is 5.62. The highest BCUT2D eigenvalue weighted by atomic mass is 32.2. The molecule has 4 nitrogen and oxygen atoms in total. The maximum Gasteiger partial charge on any atom is 0.154 e. The first kappa shape index (κ1) is 14.8. The summed E-state index contributed by atoms with van der Waals surface area (Å²) in [4.78, 5) is 4.66. The van der Waals surface area contributed by atoms with Gasteiger partial charge in [-0.2, -0.15) is 0 Å². The van der Waals surface area contributed by atoms with E-state index < -0.39 is 0 Å². The van der Waals surface area contributed by atoms with Gasteiger partial charge in [0.25, 0.3) is 0 Å². The van der Waals surface area contributed by atoms with Gasteiger partial charge in [-0.15, -0.1) is 0 Å². The summed E-state index contributed by atoms with van der Waals surface area (Å²) in [6, 6.07) is 16.0. The number of hydrogen-bond donors (Lipinski definition) is 3. The number of hydrogen-bond acceptors (Lipinski definition) is 5. The number of benzene rings is 2. The Bertz CT molecular complexity index is 713. The summed E-state index contributed by atoms with van der Waals surface area (Å²) in [5.74, 6) is 0.995. The van der Waals surface area contributed by atoms with E-state index >= 15 is 0 Å². The second kappa shape index (κ2) is 5.93. The molecular weight excluding hydrogens is 292 g/mol. The minimum absolute atomic E-state index is 0.255. The Balaban J connectivity index is 1.90. The largest absolute Gasteiger partial charge is 0.397 e. The van der Waals surface area contributed by atoms with Crippen molar-refractivity contribution in [1.82, 2.24) is 0 Å². The van der Waals surface area contributed by atoms with Crippen LogP contribution >= 0.6 is 11.8 Å². The molecule has 0 radical (unpaired) electrons. The van der Waals surface area contributed by atoms with Crippen molar-refractivity contribution in [2.75, 3.05) is 16.8 Å². The Hall–Kier alpha value is -2.14. The van der Waals surface area contributed by atoms with Crippen molar-refractivity contribution in [3.05, 3.63) is 54.1 Å². The maximum atomic E-state index is 5.99. The van der Waals surface area contributed by atoms with E-state index in [2.05, 4.69) is 29.4 Å². The molecule has 0 aliphatic carbocycles. The lowest BCUT2D eigenvalue weighted by Gasteiger charge is -2.30. The normalized spacial score (nSPS) is 21.2. The first-order chi connectivity index (χ1) is 10.6. The Morgan fingerprint density at radius 3 is 2.73 bits per heavy atom. The average molecular weight is 312 g/mol. The van der Waals surface area contributed by atoms with Crippen LogP contribution in [0.15, 0.2) is 53.5 Å². The van der Waals surface area contributed by atoms with E-state index in [1.165, 1.54) is 0 Å². The van der Waals surface area contributed by atoms with Crippen molar-refractivity contribution in [2.45, 2.75) is 18.9 Å². The zero-order valence-electron chi connectivity index (χ0n) is 12.5. The summed E-state index contributed by atoms with van der Waals surface area (Å²) in [5.41, 5.74) is 15.5. The number of nitrogens with one attached hydrogen (secondary N) is 1. The van der Waals surface area contributed by atoms with Crippen LogP contribution in [0.5, 0.6) is 0 Å². The van der Waals surface area contributed by atoms with Crippen molar-refractivity contribution in [3.8, 4) is 0 Å². The van der Waals surface area contributed by atoms with Crippen molar-refractivity contribution < 1.29 is 0 Å². The SMILES string of the molecule is C[C@@]1(c2cccc(Nc3ccccc3N)c2)CCSC(N)=N1. The average Bonchev–Trinajstić information content (AvgIpc) is 2.50. The Kier molecular flexibility index (Phi) is 3.98. The third kappa shape index (κ3) is 3.04. The number of anilines is 3. The van der Waals surface area contributed by atoms with Crippen LogP contribution in [0, 0.1) is 0 Å². The van der Waals surface area contributed by atoms with Crippen LogP contribution in [0.3, 0.4) is 0 Å². The van der Waals surface area contributed by atoms with Crippen LogP contribution in [0.1, 0.15) is 18.9 Å². The third-order valence-corrected chi connectivity index (χ3v) is 4.72. The first-order valence-electron chi connectivity index (χ1n) is 7.27. The van der Waals surface area contributed by atoms with Crippen molar-refractivity contribution in [2.24, 2.45) is 10.7 Å². The monoisotopic (exact) mass is 312 g/mol. The van der Waals surface area contributed by atoms with Crippen LogP contribution in [-0.4, -0.2) is 10.9 Å².